The molecule has 0 fully saturated rings. The van der Waals surface area contributed by atoms with E-state index in [1.165, 1.54) is 0 Å². The van der Waals surface area contributed by atoms with Crippen LogP contribution in [0.15, 0.2) is 29.4 Å². The Morgan fingerprint density at radius 3 is 2.58 bits per heavy atom. The highest BCUT2D eigenvalue weighted by molar-refractivity contribution is 14.0. The molecule has 3 nitrogen and oxygen atoms in total. The lowest BCUT2D eigenvalue weighted by atomic mass is 10.2. The van der Waals surface area contributed by atoms with Crippen LogP contribution in [0.3, 0.4) is 0 Å². The fourth-order valence-electron chi connectivity index (χ4n) is 0.722. The smallest absolute Gasteiger partial charge is 0.150 e. The van der Waals surface area contributed by atoms with Crippen molar-refractivity contribution in [1.29, 1.82) is 0 Å². The van der Waals surface area contributed by atoms with E-state index >= 15 is 0 Å². The van der Waals surface area contributed by atoms with Crippen LogP contribution < -0.4 is 11.6 Å². The molecule has 0 spiro atoms. The van der Waals surface area contributed by atoms with Gasteiger partial charge in [-0.2, -0.15) is 5.10 Å². The number of benzene rings is 1. The third-order valence-electron chi connectivity index (χ3n) is 1.26. The molecule has 0 unspecified atom stereocenters. The van der Waals surface area contributed by atoms with Crippen molar-refractivity contribution in [2.24, 2.45) is 16.7 Å². The van der Waals surface area contributed by atoms with E-state index in [0.717, 1.165) is 5.56 Å². The van der Waals surface area contributed by atoms with Crippen molar-refractivity contribution < 1.29 is 0 Å². The third-order valence-corrected chi connectivity index (χ3v) is 1.49. The predicted molar refractivity (Wildman–Crippen MR) is 61.8 cm³/mol. The maximum atomic E-state index is 5.69. The third kappa shape index (κ3) is 2.86. The largest absolute Gasteiger partial charge is 0.382 e. The zero-order chi connectivity index (χ0) is 8.27. The zero-order valence-electron chi connectivity index (χ0n) is 6.20. The Balaban J connectivity index is 0.00000121. The summed E-state index contributed by atoms with van der Waals surface area (Å²) < 4.78 is 0. The second-order valence-electron chi connectivity index (χ2n) is 2.02. The first-order chi connectivity index (χ1) is 5.24. The van der Waals surface area contributed by atoms with E-state index in [-0.39, 0.29) is 29.8 Å². The number of nitrogens with zero attached hydrogens (tertiary/aromatic N) is 1. The van der Waals surface area contributed by atoms with E-state index in [9.17, 15) is 0 Å². The normalized spacial score (nSPS) is 10.6. The molecule has 0 bridgehead atoms. The molecule has 0 saturated heterocycles. The fourth-order valence-corrected chi connectivity index (χ4v) is 0.913. The molecule has 0 amide bonds. The van der Waals surface area contributed by atoms with Gasteiger partial charge in [-0.25, -0.2) is 0 Å². The number of hydrogen-bond donors (Lipinski definition) is 2. The summed E-state index contributed by atoms with van der Waals surface area (Å²) >= 11 is 5.69. The summed E-state index contributed by atoms with van der Waals surface area (Å²) in [5.74, 6) is 5.26. The molecular weight excluding hydrogens is 288 g/mol. The van der Waals surface area contributed by atoms with Crippen LogP contribution >= 0.6 is 35.6 Å². The van der Waals surface area contributed by atoms with E-state index in [4.69, 9.17) is 23.2 Å². The van der Waals surface area contributed by atoms with Crippen molar-refractivity contribution in [2.75, 3.05) is 0 Å². The highest BCUT2D eigenvalue weighted by Crippen LogP contribution is 2.09. The van der Waals surface area contributed by atoms with Gasteiger partial charge in [0.15, 0.2) is 0 Å². The second-order valence-corrected chi connectivity index (χ2v) is 2.46. The Labute approximate surface area is 92.8 Å². The van der Waals surface area contributed by atoms with Gasteiger partial charge in [-0.3, -0.25) is 0 Å². The average molecular weight is 298 g/mol. The Morgan fingerprint density at radius 2 is 2.08 bits per heavy atom. The highest BCUT2D eigenvalue weighted by atomic mass is 127. The lowest BCUT2D eigenvalue weighted by Crippen LogP contribution is -2.15. The van der Waals surface area contributed by atoms with Crippen LogP contribution in [0.2, 0.25) is 5.02 Å². The van der Waals surface area contributed by atoms with Crippen LogP contribution in [-0.4, -0.2) is 5.84 Å². The Morgan fingerprint density at radius 1 is 1.42 bits per heavy atom. The molecule has 1 aromatic carbocycles. The second kappa shape index (κ2) is 5.21. The van der Waals surface area contributed by atoms with Gasteiger partial charge in [-0.1, -0.05) is 23.7 Å². The molecule has 0 aliphatic rings. The molecule has 4 N–H and O–H groups in total. The van der Waals surface area contributed by atoms with E-state index in [2.05, 4.69) is 5.10 Å². The summed E-state index contributed by atoms with van der Waals surface area (Å²) in [5.41, 5.74) is 6.17. The van der Waals surface area contributed by atoms with Crippen molar-refractivity contribution in [3.63, 3.8) is 0 Å². The number of halogens is 2. The minimum Gasteiger partial charge on any atom is -0.382 e. The van der Waals surface area contributed by atoms with Crippen molar-refractivity contribution in [1.82, 2.24) is 0 Å². The fraction of sp³-hybridized carbons (Fsp3) is 0. The topological polar surface area (TPSA) is 64.4 Å². The van der Waals surface area contributed by atoms with Gasteiger partial charge in [0.05, 0.1) is 0 Å². The van der Waals surface area contributed by atoms with Gasteiger partial charge < -0.3 is 11.6 Å². The SMILES string of the molecule is I.N/N=C(\N)c1cccc(Cl)c1. The van der Waals surface area contributed by atoms with Gasteiger partial charge in [0.1, 0.15) is 5.84 Å². The molecular formula is C7H9ClIN3. The molecule has 12 heavy (non-hydrogen) atoms. The number of hydrazone groups is 1. The first-order valence-corrected chi connectivity index (χ1v) is 3.41. The van der Waals surface area contributed by atoms with Gasteiger partial charge in [0.2, 0.25) is 0 Å². The molecule has 0 atom stereocenters. The molecule has 0 aromatic heterocycles. The number of rotatable bonds is 1. The lowest BCUT2D eigenvalue weighted by molar-refractivity contribution is 1.23. The molecule has 0 saturated carbocycles. The summed E-state index contributed by atoms with van der Waals surface area (Å²) in [6.07, 6.45) is 0. The zero-order valence-corrected chi connectivity index (χ0v) is 9.28. The van der Waals surface area contributed by atoms with Crippen molar-refractivity contribution in [3.05, 3.63) is 34.9 Å². The van der Waals surface area contributed by atoms with Crippen LogP contribution in [0, 0.1) is 0 Å². The number of hydrogen-bond acceptors (Lipinski definition) is 2. The number of amidine groups is 1. The Bertz CT molecular complexity index is 288. The van der Waals surface area contributed by atoms with Crippen LogP contribution in [0.5, 0.6) is 0 Å². The van der Waals surface area contributed by atoms with Crippen molar-refractivity contribution in [2.45, 2.75) is 0 Å². The van der Waals surface area contributed by atoms with Crippen LogP contribution in [-0.2, 0) is 0 Å². The molecule has 1 aromatic rings. The van der Waals surface area contributed by atoms with Gasteiger partial charge in [-0.05, 0) is 12.1 Å². The van der Waals surface area contributed by atoms with E-state index in [1.54, 1.807) is 24.3 Å². The van der Waals surface area contributed by atoms with Gasteiger partial charge in [0, 0.05) is 10.6 Å². The Hall–Kier alpha value is -0.490. The highest BCUT2D eigenvalue weighted by Gasteiger charge is 1.96. The van der Waals surface area contributed by atoms with Crippen molar-refractivity contribution in [3.8, 4) is 0 Å². The lowest BCUT2D eigenvalue weighted by Gasteiger charge is -1.97. The van der Waals surface area contributed by atoms with E-state index in [1.807, 2.05) is 0 Å². The maximum Gasteiger partial charge on any atom is 0.150 e. The van der Waals surface area contributed by atoms with Gasteiger partial charge >= 0.3 is 0 Å². The molecule has 0 aliphatic carbocycles. The summed E-state index contributed by atoms with van der Waals surface area (Å²) in [6.45, 7) is 0. The molecule has 0 heterocycles. The van der Waals surface area contributed by atoms with E-state index < -0.39 is 0 Å². The summed E-state index contributed by atoms with van der Waals surface area (Å²) in [4.78, 5) is 0. The molecule has 0 aliphatic heterocycles. The van der Waals surface area contributed by atoms with E-state index in [0.29, 0.717) is 5.02 Å². The average Bonchev–Trinajstić information content (AvgIpc) is 2.03. The first-order valence-electron chi connectivity index (χ1n) is 3.03. The minimum atomic E-state index is 0. The van der Waals surface area contributed by atoms with Gasteiger partial charge in [0.25, 0.3) is 0 Å². The van der Waals surface area contributed by atoms with Gasteiger partial charge in [-0.15, -0.1) is 24.0 Å². The predicted octanol–water partition coefficient (Wildman–Crippen LogP) is 1.54. The van der Waals surface area contributed by atoms with Crippen LogP contribution in [0.25, 0.3) is 0 Å². The molecule has 66 valence electrons. The monoisotopic (exact) mass is 297 g/mol. The standard InChI is InChI=1S/C7H8ClN3.HI/c8-6-3-1-2-5(4-6)7(9)11-10;/h1-4H,10H2,(H2,9,11);1H. The Kier molecular flexibility index (Phi) is 5.00. The quantitative estimate of drug-likeness (QED) is 0.271. The molecule has 5 heteroatoms. The van der Waals surface area contributed by atoms with Crippen LogP contribution in [0.4, 0.5) is 0 Å². The first kappa shape index (κ1) is 11.5. The van der Waals surface area contributed by atoms with Crippen molar-refractivity contribution >= 4 is 41.4 Å². The molecule has 1 rings (SSSR count). The summed E-state index contributed by atoms with van der Waals surface area (Å²) in [6, 6.07) is 7.04. The number of nitrogens with two attached hydrogens (primary N) is 2. The van der Waals surface area contributed by atoms with Crippen LogP contribution in [0.1, 0.15) is 5.56 Å². The summed E-state index contributed by atoms with van der Waals surface area (Å²) in [7, 11) is 0. The molecule has 0 radical (unpaired) electrons. The summed E-state index contributed by atoms with van der Waals surface area (Å²) in [5, 5.41) is 3.96. The maximum absolute atomic E-state index is 5.69. The minimum absolute atomic E-state index is 0.